The van der Waals surface area contributed by atoms with E-state index in [4.69, 9.17) is 16.7 Å². The molecule has 7 nitrogen and oxygen atoms in total. The largest absolute Gasteiger partial charge is 0.398 e. The van der Waals surface area contributed by atoms with Crippen LogP contribution in [0.4, 0.5) is 17.2 Å². The molecule has 1 amide bonds. The standard InChI is InChI=1S/C20H18N6O/c1-10-15(7-24-9-18(10)23)11-2-12-5-19(25-8-16(12)17(22)4-11)26-20(27)14-3-13(14)6-21/h2,4-5,7-9,13-14H,3,22-23H2,1H3,(H,25,26,27)/t13-,14+/m1/s1. The second-order valence-electron chi connectivity index (χ2n) is 6.82. The smallest absolute Gasteiger partial charge is 0.230 e. The highest BCUT2D eigenvalue weighted by Gasteiger charge is 2.43. The molecular weight excluding hydrogens is 340 g/mol. The molecule has 1 saturated carbocycles. The second-order valence-corrected chi connectivity index (χ2v) is 6.82. The number of nitrogens with zero attached hydrogens (tertiary/aromatic N) is 3. The second kappa shape index (κ2) is 6.25. The molecule has 7 heteroatoms. The predicted octanol–water partition coefficient (Wildman–Crippen LogP) is 2.87. The zero-order chi connectivity index (χ0) is 19.1. The monoisotopic (exact) mass is 358 g/mol. The summed E-state index contributed by atoms with van der Waals surface area (Å²) >= 11 is 0. The van der Waals surface area contributed by atoms with Crippen LogP contribution >= 0.6 is 0 Å². The van der Waals surface area contributed by atoms with Crippen LogP contribution in [0.25, 0.3) is 21.9 Å². The van der Waals surface area contributed by atoms with Crippen LogP contribution in [-0.4, -0.2) is 15.9 Å². The Bertz CT molecular complexity index is 1120. The Morgan fingerprint density at radius 3 is 2.78 bits per heavy atom. The molecule has 3 aromatic rings. The number of benzene rings is 1. The number of rotatable bonds is 3. The Labute approximate surface area is 156 Å². The number of nitrogens with one attached hydrogen (secondary N) is 1. The Kier molecular flexibility index (Phi) is 3.89. The summed E-state index contributed by atoms with van der Waals surface area (Å²) < 4.78 is 0. The van der Waals surface area contributed by atoms with Gasteiger partial charge in [-0.05, 0) is 48.1 Å². The fourth-order valence-electron chi connectivity index (χ4n) is 3.19. The molecule has 4 rings (SSSR count). The highest BCUT2D eigenvalue weighted by Crippen LogP contribution is 2.38. The molecule has 1 aromatic carbocycles. The van der Waals surface area contributed by atoms with Gasteiger partial charge in [0.15, 0.2) is 0 Å². The van der Waals surface area contributed by atoms with Crippen LogP contribution in [0.1, 0.15) is 12.0 Å². The molecular formula is C20H18N6O. The summed E-state index contributed by atoms with van der Waals surface area (Å²) in [4.78, 5) is 20.6. The molecule has 0 unspecified atom stereocenters. The van der Waals surface area contributed by atoms with E-state index >= 15 is 0 Å². The minimum Gasteiger partial charge on any atom is -0.398 e. The number of pyridine rings is 2. The number of amides is 1. The van der Waals surface area contributed by atoms with Crippen LogP contribution < -0.4 is 16.8 Å². The Morgan fingerprint density at radius 2 is 2.04 bits per heavy atom. The van der Waals surface area contributed by atoms with Crippen LogP contribution in [0.15, 0.2) is 36.8 Å². The normalized spacial score (nSPS) is 18.1. The van der Waals surface area contributed by atoms with Crippen LogP contribution in [0.3, 0.4) is 0 Å². The van der Waals surface area contributed by atoms with Crippen molar-refractivity contribution in [3.63, 3.8) is 0 Å². The Hall–Kier alpha value is -3.66. The van der Waals surface area contributed by atoms with Gasteiger partial charge in [-0.1, -0.05) is 0 Å². The molecule has 0 radical (unpaired) electrons. The van der Waals surface area contributed by atoms with Crippen molar-refractivity contribution in [2.24, 2.45) is 11.8 Å². The summed E-state index contributed by atoms with van der Waals surface area (Å²) in [7, 11) is 0. The lowest BCUT2D eigenvalue weighted by molar-refractivity contribution is -0.117. The molecule has 2 heterocycles. The van der Waals surface area contributed by atoms with Crippen molar-refractivity contribution in [3.05, 3.63) is 42.4 Å². The predicted molar refractivity (Wildman–Crippen MR) is 104 cm³/mol. The van der Waals surface area contributed by atoms with Gasteiger partial charge in [-0.15, -0.1) is 0 Å². The Balaban J connectivity index is 1.71. The van der Waals surface area contributed by atoms with Gasteiger partial charge in [0.2, 0.25) is 5.91 Å². The number of carbonyl (C=O) groups is 1. The summed E-state index contributed by atoms with van der Waals surface area (Å²) in [5.41, 5.74) is 16.1. The third kappa shape index (κ3) is 3.02. The summed E-state index contributed by atoms with van der Waals surface area (Å²) in [5.74, 6) is -0.167. The first-order valence-corrected chi connectivity index (χ1v) is 8.58. The lowest BCUT2D eigenvalue weighted by atomic mass is 9.98. The number of anilines is 3. The van der Waals surface area contributed by atoms with E-state index in [2.05, 4.69) is 21.4 Å². The molecule has 5 N–H and O–H groups in total. The van der Waals surface area contributed by atoms with Crippen molar-refractivity contribution in [3.8, 4) is 17.2 Å². The van der Waals surface area contributed by atoms with Gasteiger partial charge in [0.05, 0.1) is 29.8 Å². The van der Waals surface area contributed by atoms with Crippen molar-refractivity contribution in [1.29, 1.82) is 5.26 Å². The van der Waals surface area contributed by atoms with Gasteiger partial charge in [0.25, 0.3) is 0 Å². The molecule has 0 saturated heterocycles. The number of hydrogen-bond acceptors (Lipinski definition) is 6. The molecule has 0 bridgehead atoms. The van der Waals surface area contributed by atoms with Crippen molar-refractivity contribution in [2.45, 2.75) is 13.3 Å². The summed E-state index contributed by atoms with van der Waals surface area (Å²) in [6.07, 6.45) is 5.62. The van der Waals surface area contributed by atoms with E-state index in [1.54, 1.807) is 24.7 Å². The Morgan fingerprint density at radius 1 is 1.22 bits per heavy atom. The first-order valence-electron chi connectivity index (χ1n) is 8.58. The van der Waals surface area contributed by atoms with E-state index in [0.29, 0.717) is 23.6 Å². The molecule has 1 fully saturated rings. The van der Waals surface area contributed by atoms with Crippen LogP contribution in [0.5, 0.6) is 0 Å². The number of carbonyl (C=O) groups excluding carboxylic acids is 1. The molecule has 0 aliphatic heterocycles. The number of nitrogens with two attached hydrogens (primary N) is 2. The van der Waals surface area contributed by atoms with Crippen molar-refractivity contribution < 1.29 is 4.79 Å². The highest BCUT2D eigenvalue weighted by atomic mass is 16.2. The third-order valence-corrected chi connectivity index (χ3v) is 4.98. The van der Waals surface area contributed by atoms with Gasteiger partial charge in [-0.3, -0.25) is 9.78 Å². The first kappa shape index (κ1) is 16.8. The lowest BCUT2D eigenvalue weighted by Gasteiger charge is -2.12. The molecule has 134 valence electrons. The van der Waals surface area contributed by atoms with Crippen molar-refractivity contribution in [2.75, 3.05) is 16.8 Å². The van der Waals surface area contributed by atoms with E-state index in [-0.39, 0.29) is 17.7 Å². The van der Waals surface area contributed by atoms with E-state index in [9.17, 15) is 4.79 Å². The number of hydrogen-bond donors (Lipinski definition) is 3. The van der Waals surface area contributed by atoms with Gasteiger partial charge in [-0.2, -0.15) is 5.26 Å². The van der Waals surface area contributed by atoms with Crippen LogP contribution in [0.2, 0.25) is 0 Å². The van der Waals surface area contributed by atoms with E-state index < -0.39 is 0 Å². The maximum atomic E-state index is 12.2. The first-order chi connectivity index (χ1) is 13.0. The van der Waals surface area contributed by atoms with E-state index in [0.717, 1.165) is 27.5 Å². The zero-order valence-electron chi connectivity index (χ0n) is 14.7. The quantitative estimate of drug-likeness (QED) is 0.617. The van der Waals surface area contributed by atoms with Crippen LogP contribution in [0, 0.1) is 30.1 Å². The maximum absolute atomic E-state index is 12.2. The average Bonchev–Trinajstić information content (AvgIpc) is 3.44. The molecule has 27 heavy (non-hydrogen) atoms. The lowest BCUT2D eigenvalue weighted by Crippen LogP contribution is -2.15. The van der Waals surface area contributed by atoms with Gasteiger partial charge < -0.3 is 16.8 Å². The number of aromatic nitrogens is 2. The fraction of sp³-hybridized carbons (Fsp3) is 0.200. The topological polar surface area (TPSA) is 131 Å². The van der Waals surface area contributed by atoms with Gasteiger partial charge in [0.1, 0.15) is 5.82 Å². The van der Waals surface area contributed by atoms with Gasteiger partial charge in [-0.25, -0.2) is 4.98 Å². The average molecular weight is 358 g/mol. The molecule has 1 aliphatic carbocycles. The fourth-order valence-corrected chi connectivity index (χ4v) is 3.19. The number of nitrogen functional groups attached to an aromatic ring is 2. The minimum absolute atomic E-state index is 0.173. The molecule has 0 spiro atoms. The van der Waals surface area contributed by atoms with E-state index in [1.165, 1.54) is 0 Å². The van der Waals surface area contributed by atoms with E-state index in [1.807, 2.05) is 19.1 Å². The number of fused-ring (bicyclic) bond motifs is 1. The van der Waals surface area contributed by atoms with Gasteiger partial charge in [0, 0.05) is 29.0 Å². The van der Waals surface area contributed by atoms with Crippen molar-refractivity contribution in [1.82, 2.24) is 9.97 Å². The summed E-state index contributed by atoms with van der Waals surface area (Å²) in [6, 6.07) is 7.74. The summed E-state index contributed by atoms with van der Waals surface area (Å²) in [5, 5.41) is 13.3. The molecule has 2 aromatic heterocycles. The van der Waals surface area contributed by atoms with Crippen LogP contribution in [-0.2, 0) is 4.79 Å². The minimum atomic E-state index is -0.245. The molecule has 1 aliphatic rings. The SMILES string of the molecule is Cc1c(N)cncc1-c1cc(N)c2cnc(NC(=O)[C@H]3C[C@@H]3C#N)cc2c1. The summed E-state index contributed by atoms with van der Waals surface area (Å²) in [6.45, 7) is 1.94. The third-order valence-electron chi connectivity index (χ3n) is 4.98. The highest BCUT2D eigenvalue weighted by molar-refractivity contribution is 6.00. The number of nitriles is 1. The van der Waals surface area contributed by atoms with Crippen molar-refractivity contribution >= 4 is 33.9 Å². The van der Waals surface area contributed by atoms with Gasteiger partial charge >= 0.3 is 0 Å². The zero-order valence-corrected chi connectivity index (χ0v) is 14.7. The maximum Gasteiger partial charge on any atom is 0.230 e. The molecule has 2 atom stereocenters.